The molecule has 0 N–H and O–H groups in total. The Kier molecular flexibility index (Phi) is 3.14. The lowest BCUT2D eigenvalue weighted by Crippen LogP contribution is -2.76. The van der Waals surface area contributed by atoms with Gasteiger partial charge >= 0.3 is 12.2 Å². The number of para-hydroxylation sites is 2. The van der Waals surface area contributed by atoms with Gasteiger partial charge in [0, 0.05) is 17.9 Å². The van der Waals surface area contributed by atoms with Crippen LogP contribution in [0.2, 0.25) is 0 Å². The maximum Gasteiger partial charge on any atom is 0.429 e. The van der Waals surface area contributed by atoms with Crippen LogP contribution in [0, 0.1) is 22.0 Å². The number of rotatable bonds is 2. The quantitative estimate of drug-likeness (QED) is 0.440. The van der Waals surface area contributed by atoms with Crippen molar-refractivity contribution >= 4 is 23.6 Å². The van der Waals surface area contributed by atoms with Gasteiger partial charge in [-0.1, -0.05) is 12.1 Å². The second kappa shape index (κ2) is 5.24. The molecule has 2 aliphatic carbocycles. The zero-order valence-electron chi connectivity index (χ0n) is 14.7. The van der Waals surface area contributed by atoms with Crippen LogP contribution in [-0.2, 0) is 9.47 Å². The first-order chi connectivity index (χ1) is 13.0. The van der Waals surface area contributed by atoms with Crippen LogP contribution in [0.5, 0.6) is 0 Å². The van der Waals surface area contributed by atoms with Gasteiger partial charge in [0.25, 0.3) is 5.69 Å². The number of nitro benzene ring substituents is 1. The molecule has 2 saturated heterocycles. The summed E-state index contributed by atoms with van der Waals surface area (Å²) in [4.78, 5) is 37.5. The second-order valence-electron chi connectivity index (χ2n) is 7.31. The van der Waals surface area contributed by atoms with E-state index < -0.39 is 12.2 Å². The number of hydrazine groups is 1. The molecule has 142 valence electrons. The SMILES string of the molecule is COC(=O)N1[C@@H]2[C@@H]3CC([C@@H]4[C@H]3N4c3ccccc3[N+](=O)[O-])[C@@H]2N1C(=O)OC. The molecule has 2 amide bonds. The molecule has 4 aliphatic rings. The largest absolute Gasteiger partial charge is 0.452 e. The first kappa shape index (κ1) is 16.2. The van der Waals surface area contributed by atoms with Gasteiger partial charge in [-0.15, -0.1) is 0 Å². The van der Waals surface area contributed by atoms with Crippen LogP contribution >= 0.6 is 0 Å². The number of anilines is 1. The maximum absolute atomic E-state index is 12.2. The minimum absolute atomic E-state index is 0.0771. The Hall–Kier alpha value is -3.04. The number of fused-ring (bicyclic) bond motifs is 8. The molecule has 2 aliphatic heterocycles. The highest BCUT2D eigenvalue weighted by Crippen LogP contribution is 2.65. The monoisotopic (exact) mass is 374 g/mol. The van der Waals surface area contributed by atoms with Crippen molar-refractivity contribution in [2.75, 3.05) is 19.1 Å². The Bertz CT molecular complexity index is 822. The highest BCUT2D eigenvalue weighted by atomic mass is 16.6. The van der Waals surface area contributed by atoms with E-state index in [9.17, 15) is 19.7 Å². The average Bonchev–Trinajstić information content (AvgIpc) is 3.20. The molecule has 10 heteroatoms. The molecule has 2 heterocycles. The second-order valence-corrected chi connectivity index (χ2v) is 7.31. The Labute approximate surface area is 154 Å². The van der Waals surface area contributed by atoms with E-state index in [4.69, 9.17) is 9.47 Å². The molecule has 2 bridgehead atoms. The van der Waals surface area contributed by atoms with Gasteiger partial charge in [0.2, 0.25) is 0 Å². The highest BCUT2D eigenvalue weighted by molar-refractivity contribution is 5.79. The van der Waals surface area contributed by atoms with Gasteiger partial charge in [0.1, 0.15) is 5.69 Å². The van der Waals surface area contributed by atoms with Crippen molar-refractivity contribution in [3.05, 3.63) is 34.4 Å². The number of carbonyl (C=O) groups excluding carboxylic acids is 2. The molecule has 6 atom stereocenters. The summed E-state index contributed by atoms with van der Waals surface area (Å²) < 4.78 is 9.68. The predicted molar refractivity (Wildman–Crippen MR) is 90.8 cm³/mol. The number of nitro groups is 1. The van der Waals surface area contributed by atoms with E-state index in [1.54, 1.807) is 18.2 Å². The van der Waals surface area contributed by atoms with Gasteiger partial charge in [-0.2, -0.15) is 0 Å². The average molecular weight is 374 g/mol. The molecule has 1 aromatic rings. The Balaban J connectivity index is 1.47. The van der Waals surface area contributed by atoms with Crippen molar-refractivity contribution < 1.29 is 24.0 Å². The highest BCUT2D eigenvalue weighted by Gasteiger charge is 2.78. The number of methoxy groups -OCH3 is 2. The number of nitrogens with zero attached hydrogens (tertiary/aromatic N) is 4. The Morgan fingerprint density at radius 3 is 2.00 bits per heavy atom. The standard InChI is InChI=1S/C17H18N4O6/c1-26-16(22)19-14-8-7-9(15(14)20(19)17(23)27-2)13-12(8)18(13)10-5-3-4-6-11(10)21(24)25/h3-6,8-9,12-15H,7H2,1-2H3/t8-,9?,12+,13-,14-,15+,18?/m1/s1. The van der Waals surface area contributed by atoms with Crippen LogP contribution in [0.25, 0.3) is 0 Å². The van der Waals surface area contributed by atoms with Crippen LogP contribution in [0.1, 0.15) is 6.42 Å². The van der Waals surface area contributed by atoms with E-state index in [-0.39, 0.29) is 46.6 Å². The first-order valence-electron chi connectivity index (χ1n) is 8.77. The molecule has 1 unspecified atom stereocenters. The Morgan fingerprint density at radius 1 is 1.00 bits per heavy atom. The summed E-state index contributed by atoms with van der Waals surface area (Å²) in [5.41, 5.74) is 0.677. The molecule has 1 aromatic carbocycles. The number of carbonyl (C=O) groups is 2. The van der Waals surface area contributed by atoms with Crippen LogP contribution < -0.4 is 4.90 Å². The number of hydrogen-bond acceptors (Lipinski definition) is 7. The van der Waals surface area contributed by atoms with Gasteiger partial charge in [0.05, 0.1) is 43.3 Å². The molecule has 10 nitrogen and oxygen atoms in total. The van der Waals surface area contributed by atoms with Crippen LogP contribution in [0.4, 0.5) is 21.0 Å². The van der Waals surface area contributed by atoms with E-state index in [1.807, 2.05) is 0 Å². The van der Waals surface area contributed by atoms with Crippen molar-refractivity contribution in [1.82, 2.24) is 10.0 Å². The van der Waals surface area contributed by atoms with Crippen molar-refractivity contribution in [3.8, 4) is 0 Å². The third-order valence-electron chi connectivity index (χ3n) is 6.43. The molecule has 27 heavy (non-hydrogen) atoms. The molecular weight excluding hydrogens is 356 g/mol. The summed E-state index contributed by atoms with van der Waals surface area (Å²) in [5, 5.41) is 14.1. The minimum atomic E-state index is -0.594. The molecule has 2 saturated carbocycles. The summed E-state index contributed by atoms with van der Waals surface area (Å²) in [6, 6.07) is 6.70. The van der Waals surface area contributed by atoms with E-state index in [1.165, 1.54) is 30.3 Å². The zero-order valence-corrected chi connectivity index (χ0v) is 14.7. The van der Waals surface area contributed by atoms with Gasteiger partial charge < -0.3 is 14.4 Å². The topological polar surface area (TPSA) is 105 Å². The van der Waals surface area contributed by atoms with Gasteiger partial charge in [0.15, 0.2) is 0 Å². The number of benzene rings is 1. The lowest BCUT2D eigenvalue weighted by molar-refractivity contribution is -0.384. The summed E-state index contributed by atoms with van der Waals surface area (Å²) in [5.74, 6) is 0.287. The number of ether oxygens (including phenoxy) is 2. The van der Waals surface area contributed by atoms with Gasteiger partial charge in [-0.05, 0) is 12.5 Å². The normalized spacial score (nSPS) is 34.5. The predicted octanol–water partition coefficient (Wildman–Crippen LogP) is 1.60. The van der Waals surface area contributed by atoms with Crippen LogP contribution in [-0.4, -0.2) is 65.5 Å². The van der Waals surface area contributed by atoms with E-state index in [2.05, 4.69) is 4.90 Å². The molecule has 4 fully saturated rings. The van der Waals surface area contributed by atoms with Crippen molar-refractivity contribution in [3.63, 3.8) is 0 Å². The molecular formula is C17H18N4O6. The third-order valence-corrected chi connectivity index (χ3v) is 6.43. The smallest absolute Gasteiger partial charge is 0.429 e. The Morgan fingerprint density at radius 2 is 1.52 bits per heavy atom. The van der Waals surface area contributed by atoms with Crippen molar-refractivity contribution in [2.24, 2.45) is 11.8 Å². The van der Waals surface area contributed by atoms with E-state index in [0.717, 1.165) is 6.42 Å². The van der Waals surface area contributed by atoms with Gasteiger partial charge in [-0.25, -0.2) is 19.6 Å². The van der Waals surface area contributed by atoms with Gasteiger partial charge in [-0.3, -0.25) is 10.1 Å². The maximum atomic E-state index is 12.2. The minimum Gasteiger partial charge on any atom is -0.452 e. The van der Waals surface area contributed by atoms with Crippen LogP contribution in [0.15, 0.2) is 24.3 Å². The third kappa shape index (κ3) is 1.84. The summed E-state index contributed by atoms with van der Waals surface area (Å²) >= 11 is 0. The fourth-order valence-corrected chi connectivity index (χ4v) is 5.60. The van der Waals surface area contributed by atoms with E-state index in [0.29, 0.717) is 5.69 Å². The molecule has 0 aromatic heterocycles. The van der Waals surface area contributed by atoms with Crippen molar-refractivity contribution in [1.29, 1.82) is 0 Å². The summed E-state index contributed by atoms with van der Waals surface area (Å²) in [6.07, 6.45) is -0.310. The van der Waals surface area contributed by atoms with Crippen molar-refractivity contribution in [2.45, 2.75) is 30.6 Å². The fraction of sp³-hybridized carbons (Fsp3) is 0.529. The molecule has 0 radical (unpaired) electrons. The summed E-state index contributed by atoms with van der Waals surface area (Å²) in [6.45, 7) is 0. The molecule has 5 rings (SSSR count). The first-order valence-corrected chi connectivity index (χ1v) is 8.77. The van der Waals surface area contributed by atoms with Crippen LogP contribution in [0.3, 0.4) is 0 Å². The number of piperidine rings is 1. The van der Waals surface area contributed by atoms with E-state index >= 15 is 0 Å². The fourth-order valence-electron chi connectivity index (χ4n) is 5.60. The zero-order chi connectivity index (χ0) is 19.0. The number of hydrogen-bond donors (Lipinski definition) is 0. The summed E-state index contributed by atoms with van der Waals surface area (Å²) in [7, 11) is 2.55. The lowest BCUT2D eigenvalue weighted by Gasteiger charge is -2.55. The lowest BCUT2D eigenvalue weighted by atomic mass is 9.86. The molecule has 0 spiro atoms. The number of amides is 2.